The molecule has 44 heavy (non-hydrogen) atoms. The molecule has 4 aromatic carbocycles. The first-order valence-electron chi connectivity index (χ1n) is 15.9. The third-order valence-electron chi connectivity index (χ3n) is 9.48. The predicted molar refractivity (Wildman–Crippen MR) is 172 cm³/mol. The van der Waals surface area contributed by atoms with Crippen LogP contribution in [0.25, 0.3) is 0 Å². The highest BCUT2D eigenvalue weighted by Gasteiger charge is 2.33. The Morgan fingerprint density at radius 1 is 0.500 bits per heavy atom. The average molecular weight is 591 g/mol. The first-order chi connectivity index (χ1) is 21.4. The van der Waals surface area contributed by atoms with Gasteiger partial charge in [-0.25, -0.2) is 0 Å². The van der Waals surface area contributed by atoms with Crippen LogP contribution in [-0.2, 0) is 20.3 Å². The van der Waals surface area contributed by atoms with Crippen LogP contribution in [-0.4, -0.2) is 45.2 Å². The molecule has 3 aliphatic rings. The molecule has 2 aliphatic heterocycles. The summed E-state index contributed by atoms with van der Waals surface area (Å²) in [6.45, 7) is 10.5. The molecule has 0 amide bonds. The van der Waals surface area contributed by atoms with E-state index in [9.17, 15) is 0 Å². The quantitative estimate of drug-likeness (QED) is 0.111. The van der Waals surface area contributed by atoms with Crippen LogP contribution in [0.4, 0.5) is 0 Å². The molecule has 1 saturated carbocycles. The molecular weight excluding hydrogens is 548 g/mol. The van der Waals surface area contributed by atoms with E-state index >= 15 is 0 Å². The molecule has 0 bridgehead atoms. The minimum Gasteiger partial charge on any atom is -0.493 e. The van der Waals surface area contributed by atoms with Gasteiger partial charge in [0.1, 0.15) is 42.7 Å². The summed E-state index contributed by atoms with van der Waals surface area (Å²) in [7, 11) is 0. The maximum atomic E-state index is 5.98. The smallest absolute Gasteiger partial charge is 0.119 e. The molecule has 0 N–H and O–H groups in total. The highest BCUT2D eigenvalue weighted by molar-refractivity contribution is 5.52. The van der Waals surface area contributed by atoms with Crippen molar-refractivity contribution < 1.29 is 23.7 Å². The highest BCUT2D eigenvalue weighted by atomic mass is 16.6. The second-order valence-corrected chi connectivity index (χ2v) is 13.2. The Bertz CT molecular complexity index is 1470. The summed E-state index contributed by atoms with van der Waals surface area (Å²) in [5, 5.41) is 0. The lowest BCUT2D eigenvalue weighted by atomic mass is 9.70. The molecule has 1 aliphatic carbocycles. The van der Waals surface area contributed by atoms with Crippen molar-refractivity contribution in [2.24, 2.45) is 5.92 Å². The summed E-state index contributed by atoms with van der Waals surface area (Å²) in [4.78, 5) is 0. The van der Waals surface area contributed by atoms with E-state index in [0.29, 0.717) is 13.2 Å². The second-order valence-electron chi connectivity index (χ2n) is 13.2. The summed E-state index contributed by atoms with van der Waals surface area (Å²) in [6, 6.07) is 34.8. The van der Waals surface area contributed by atoms with E-state index in [2.05, 4.69) is 118 Å². The Morgan fingerprint density at radius 3 is 1.18 bits per heavy atom. The standard InChI is InChI=1S/C39H42O5/c1-38(2,29-10-16-33(17-11-29)40-22-27-4-5-27)28-6-8-30(9-7-28)39(3,31-12-18-34(19-13-31)41-23-36-25-43-36)32-14-20-35(21-15-32)42-24-37-26-44-37/h6-21,27,36-37H,4-5,22-26H2,1-3H3. The van der Waals surface area contributed by atoms with Crippen LogP contribution in [0.5, 0.6) is 17.2 Å². The molecule has 5 heteroatoms. The van der Waals surface area contributed by atoms with E-state index in [1.54, 1.807) is 0 Å². The number of hydrogen-bond donors (Lipinski definition) is 0. The van der Waals surface area contributed by atoms with Gasteiger partial charge in [-0.15, -0.1) is 0 Å². The molecule has 2 heterocycles. The third-order valence-corrected chi connectivity index (χ3v) is 9.48. The number of rotatable bonds is 14. The minimum atomic E-state index is -0.389. The number of benzene rings is 4. The van der Waals surface area contributed by atoms with Gasteiger partial charge in [0.2, 0.25) is 0 Å². The molecule has 2 unspecified atom stereocenters. The maximum absolute atomic E-state index is 5.98. The van der Waals surface area contributed by atoms with Crippen molar-refractivity contribution in [1.82, 2.24) is 0 Å². The number of ether oxygens (including phenoxy) is 5. The zero-order chi connectivity index (χ0) is 30.1. The fourth-order valence-electron chi connectivity index (χ4n) is 5.83. The molecule has 3 fully saturated rings. The Morgan fingerprint density at radius 2 is 0.818 bits per heavy atom. The average Bonchev–Trinajstić information content (AvgIpc) is 3.91. The SMILES string of the molecule is CC(C)(c1ccc(OCC2CC2)cc1)c1ccc(C(C)(c2ccc(OCC3CO3)cc2)c2ccc(OCC3CO3)cc2)cc1. The normalized spacial score (nSPS) is 20.4. The third kappa shape index (κ3) is 6.50. The molecular formula is C39H42O5. The van der Waals surface area contributed by atoms with Crippen LogP contribution in [0.1, 0.15) is 61.4 Å². The lowest BCUT2D eigenvalue weighted by Crippen LogP contribution is -2.26. The fourth-order valence-corrected chi connectivity index (χ4v) is 5.83. The van der Waals surface area contributed by atoms with Gasteiger partial charge in [-0.1, -0.05) is 74.5 Å². The van der Waals surface area contributed by atoms with Gasteiger partial charge in [0.15, 0.2) is 0 Å². The van der Waals surface area contributed by atoms with Gasteiger partial charge in [0.05, 0.1) is 19.8 Å². The first-order valence-corrected chi connectivity index (χ1v) is 15.9. The largest absolute Gasteiger partial charge is 0.493 e. The molecule has 4 aromatic rings. The van der Waals surface area contributed by atoms with Crippen molar-refractivity contribution in [1.29, 1.82) is 0 Å². The van der Waals surface area contributed by atoms with Gasteiger partial charge >= 0.3 is 0 Å². The minimum absolute atomic E-state index is 0.154. The zero-order valence-corrected chi connectivity index (χ0v) is 26.0. The van der Waals surface area contributed by atoms with Gasteiger partial charge in [-0.2, -0.15) is 0 Å². The molecule has 0 aromatic heterocycles. The van der Waals surface area contributed by atoms with Gasteiger partial charge in [0, 0.05) is 10.8 Å². The summed E-state index contributed by atoms with van der Waals surface area (Å²) < 4.78 is 28.5. The number of hydrogen-bond acceptors (Lipinski definition) is 5. The van der Waals surface area contributed by atoms with Crippen LogP contribution in [0.15, 0.2) is 97.1 Å². The number of epoxide rings is 2. The van der Waals surface area contributed by atoms with Crippen LogP contribution in [0.3, 0.4) is 0 Å². The Hall–Kier alpha value is -3.80. The molecule has 2 atom stereocenters. The van der Waals surface area contributed by atoms with E-state index < -0.39 is 0 Å². The van der Waals surface area contributed by atoms with E-state index in [4.69, 9.17) is 23.7 Å². The summed E-state index contributed by atoms with van der Waals surface area (Å²) in [6.07, 6.45) is 3.06. The Balaban J connectivity index is 1.15. The van der Waals surface area contributed by atoms with Gasteiger partial charge < -0.3 is 23.7 Å². The summed E-state index contributed by atoms with van der Waals surface area (Å²) >= 11 is 0. The molecule has 7 rings (SSSR count). The van der Waals surface area contributed by atoms with Crippen molar-refractivity contribution in [3.8, 4) is 17.2 Å². The van der Waals surface area contributed by atoms with Gasteiger partial charge in [-0.05, 0) is 89.9 Å². The molecule has 5 nitrogen and oxygen atoms in total. The van der Waals surface area contributed by atoms with Crippen LogP contribution >= 0.6 is 0 Å². The van der Waals surface area contributed by atoms with Crippen molar-refractivity contribution in [2.75, 3.05) is 33.0 Å². The van der Waals surface area contributed by atoms with Crippen LogP contribution < -0.4 is 14.2 Å². The zero-order valence-electron chi connectivity index (χ0n) is 26.0. The van der Waals surface area contributed by atoms with E-state index in [0.717, 1.165) is 43.0 Å². The molecule has 228 valence electrons. The van der Waals surface area contributed by atoms with E-state index in [1.165, 1.54) is 40.7 Å². The monoisotopic (exact) mass is 590 g/mol. The molecule has 0 radical (unpaired) electrons. The second kappa shape index (κ2) is 11.9. The Kier molecular flexibility index (Phi) is 7.86. The van der Waals surface area contributed by atoms with Crippen LogP contribution in [0.2, 0.25) is 0 Å². The summed E-state index contributed by atoms with van der Waals surface area (Å²) in [5.41, 5.74) is 5.61. The molecule has 0 spiro atoms. The topological polar surface area (TPSA) is 52.8 Å². The predicted octanol–water partition coefficient (Wildman–Crippen LogP) is 7.71. The first kappa shape index (κ1) is 28.9. The lowest BCUT2D eigenvalue weighted by molar-refractivity contribution is 0.263. The lowest BCUT2D eigenvalue weighted by Gasteiger charge is -2.33. The molecule has 2 saturated heterocycles. The summed E-state index contributed by atoms with van der Waals surface area (Å²) in [5.74, 6) is 3.42. The Labute approximate surface area is 261 Å². The van der Waals surface area contributed by atoms with Crippen LogP contribution in [0, 0.1) is 5.92 Å². The fraction of sp³-hybridized carbons (Fsp3) is 0.385. The highest BCUT2D eigenvalue weighted by Crippen LogP contribution is 2.42. The van der Waals surface area contributed by atoms with E-state index in [1.807, 2.05) is 0 Å². The van der Waals surface area contributed by atoms with Crippen molar-refractivity contribution >= 4 is 0 Å². The van der Waals surface area contributed by atoms with Crippen molar-refractivity contribution in [3.63, 3.8) is 0 Å². The van der Waals surface area contributed by atoms with E-state index in [-0.39, 0.29) is 23.0 Å². The maximum Gasteiger partial charge on any atom is 0.119 e. The van der Waals surface area contributed by atoms with Crippen molar-refractivity contribution in [3.05, 3.63) is 125 Å². The van der Waals surface area contributed by atoms with Crippen molar-refractivity contribution in [2.45, 2.75) is 56.7 Å². The van der Waals surface area contributed by atoms with Gasteiger partial charge in [0.25, 0.3) is 0 Å². The van der Waals surface area contributed by atoms with Gasteiger partial charge in [-0.3, -0.25) is 0 Å².